The van der Waals surface area contributed by atoms with Crippen LogP contribution in [0.3, 0.4) is 0 Å². The summed E-state index contributed by atoms with van der Waals surface area (Å²) in [6, 6.07) is 60.1. The van der Waals surface area contributed by atoms with Crippen molar-refractivity contribution in [3.05, 3.63) is 175 Å². The van der Waals surface area contributed by atoms with Crippen LogP contribution in [0, 0.1) is 0 Å². The molecule has 12 rings (SSSR count). The standard InChI is InChI=1S/C56H45BN2O2/c1-55(2,3)35-27-31-44-43(32-35)57-42-30-26-36(56(4,5)6)33-48(42)58(37-28-24-34(25-29-37)38-16-11-17-40-39-14-7-9-21-49(39)61-54(38)40)46-19-12-20-47(53(46)57)59(44)45-18-13-23-51-52(45)41-15-8-10-22-50(41)60-51/h7-33H,1-6H3. The van der Waals surface area contributed by atoms with Gasteiger partial charge in [0.1, 0.15) is 22.3 Å². The van der Waals surface area contributed by atoms with E-state index in [2.05, 4.69) is 209 Å². The van der Waals surface area contributed by atoms with Gasteiger partial charge in [0.15, 0.2) is 0 Å². The van der Waals surface area contributed by atoms with Crippen LogP contribution in [0.2, 0.25) is 0 Å². The maximum atomic E-state index is 6.50. The first-order chi connectivity index (χ1) is 29.5. The molecule has 0 saturated heterocycles. The molecule has 2 aromatic heterocycles. The van der Waals surface area contributed by atoms with E-state index < -0.39 is 0 Å². The van der Waals surface area contributed by atoms with Crippen molar-refractivity contribution in [1.82, 2.24) is 0 Å². The number of furan rings is 2. The molecule has 2 aliphatic rings. The normalized spacial score (nSPS) is 13.6. The SMILES string of the molecule is CC(C)(C)c1ccc2c(c1)B1c3ccc(C(C)(C)C)cc3N(c3ccc(-c4cccc5c4oc4ccccc45)cc3)c3cccc(c31)N2c1cccc2oc3ccccc3c12. The van der Waals surface area contributed by atoms with E-state index in [0.717, 1.165) is 66.4 Å². The molecule has 0 aliphatic carbocycles. The minimum Gasteiger partial charge on any atom is -0.456 e. The van der Waals surface area contributed by atoms with Crippen LogP contribution in [-0.4, -0.2) is 6.71 Å². The molecule has 2 aliphatic heterocycles. The third kappa shape index (κ3) is 5.32. The van der Waals surface area contributed by atoms with Crippen LogP contribution in [-0.2, 0) is 10.8 Å². The monoisotopic (exact) mass is 788 g/mol. The number of benzene rings is 8. The molecule has 0 fully saturated rings. The Morgan fingerprint density at radius 1 is 0.426 bits per heavy atom. The van der Waals surface area contributed by atoms with Crippen molar-refractivity contribution in [2.45, 2.75) is 52.4 Å². The van der Waals surface area contributed by atoms with Gasteiger partial charge < -0.3 is 18.6 Å². The lowest BCUT2D eigenvalue weighted by atomic mass is 9.33. The van der Waals surface area contributed by atoms with E-state index in [-0.39, 0.29) is 17.5 Å². The number of rotatable bonds is 3. The van der Waals surface area contributed by atoms with E-state index in [1.807, 2.05) is 6.07 Å². The van der Waals surface area contributed by atoms with E-state index in [9.17, 15) is 0 Å². The van der Waals surface area contributed by atoms with Crippen LogP contribution in [0.4, 0.5) is 34.1 Å². The molecule has 0 N–H and O–H groups in total. The van der Waals surface area contributed by atoms with E-state index >= 15 is 0 Å². The summed E-state index contributed by atoms with van der Waals surface area (Å²) in [7, 11) is 0. The summed E-state index contributed by atoms with van der Waals surface area (Å²) in [5, 5.41) is 4.52. The number of para-hydroxylation sites is 3. The topological polar surface area (TPSA) is 32.8 Å². The molecule has 0 unspecified atom stereocenters. The van der Waals surface area contributed by atoms with Crippen molar-refractivity contribution < 1.29 is 8.83 Å². The van der Waals surface area contributed by atoms with Gasteiger partial charge in [-0.15, -0.1) is 0 Å². The molecule has 294 valence electrons. The predicted octanol–water partition coefficient (Wildman–Crippen LogP) is 13.8. The lowest BCUT2D eigenvalue weighted by molar-refractivity contribution is 0.590. The number of nitrogens with zero attached hydrogens (tertiary/aromatic N) is 2. The van der Waals surface area contributed by atoms with Gasteiger partial charge in [-0.25, -0.2) is 0 Å². The summed E-state index contributed by atoms with van der Waals surface area (Å²) < 4.78 is 13.0. The Bertz CT molecular complexity index is 3410. The van der Waals surface area contributed by atoms with Crippen molar-refractivity contribution in [2.24, 2.45) is 0 Å². The van der Waals surface area contributed by atoms with E-state index in [1.54, 1.807) is 0 Å². The van der Waals surface area contributed by atoms with Crippen molar-refractivity contribution >= 4 is 101 Å². The van der Waals surface area contributed by atoms with Crippen molar-refractivity contribution in [3.8, 4) is 11.1 Å². The molecule has 61 heavy (non-hydrogen) atoms. The summed E-state index contributed by atoms with van der Waals surface area (Å²) in [6.07, 6.45) is 0. The molecule has 0 bridgehead atoms. The molecule has 4 nitrogen and oxygen atoms in total. The molecular formula is C56H45BN2O2. The molecule has 0 atom stereocenters. The zero-order valence-electron chi connectivity index (χ0n) is 35.4. The molecule has 4 heterocycles. The smallest absolute Gasteiger partial charge is 0.252 e. The van der Waals surface area contributed by atoms with Crippen LogP contribution >= 0.6 is 0 Å². The first-order valence-electron chi connectivity index (χ1n) is 21.5. The van der Waals surface area contributed by atoms with Gasteiger partial charge in [-0.3, -0.25) is 0 Å². The average Bonchev–Trinajstić information content (AvgIpc) is 3.84. The van der Waals surface area contributed by atoms with Gasteiger partial charge in [-0.2, -0.15) is 0 Å². The third-order valence-electron chi connectivity index (χ3n) is 13.2. The highest BCUT2D eigenvalue weighted by molar-refractivity contribution is 7.00. The highest BCUT2D eigenvalue weighted by atomic mass is 16.3. The quantitative estimate of drug-likeness (QED) is 0.167. The molecule has 5 heteroatoms. The molecule has 0 spiro atoms. The Labute approximate surface area is 356 Å². The lowest BCUT2D eigenvalue weighted by Gasteiger charge is -2.45. The van der Waals surface area contributed by atoms with Gasteiger partial charge in [0.25, 0.3) is 6.71 Å². The van der Waals surface area contributed by atoms with Crippen LogP contribution in [0.1, 0.15) is 52.7 Å². The Morgan fingerprint density at radius 3 is 1.80 bits per heavy atom. The fourth-order valence-electron chi connectivity index (χ4n) is 10.1. The first kappa shape index (κ1) is 35.9. The van der Waals surface area contributed by atoms with Gasteiger partial charge >= 0.3 is 0 Å². The van der Waals surface area contributed by atoms with Crippen molar-refractivity contribution in [3.63, 3.8) is 0 Å². The summed E-state index contributed by atoms with van der Waals surface area (Å²) in [6.45, 7) is 13.9. The van der Waals surface area contributed by atoms with Crippen molar-refractivity contribution in [2.75, 3.05) is 9.80 Å². The van der Waals surface area contributed by atoms with Crippen LogP contribution in [0.5, 0.6) is 0 Å². The number of anilines is 6. The van der Waals surface area contributed by atoms with E-state index in [1.165, 1.54) is 50.3 Å². The zero-order valence-corrected chi connectivity index (χ0v) is 35.4. The van der Waals surface area contributed by atoms with Crippen LogP contribution in [0.15, 0.2) is 173 Å². The first-order valence-corrected chi connectivity index (χ1v) is 21.5. The number of hydrogen-bond donors (Lipinski definition) is 0. The maximum Gasteiger partial charge on any atom is 0.252 e. The largest absolute Gasteiger partial charge is 0.456 e. The summed E-state index contributed by atoms with van der Waals surface area (Å²) in [5.41, 5.74) is 19.3. The Kier molecular flexibility index (Phi) is 7.52. The van der Waals surface area contributed by atoms with Gasteiger partial charge in [0.05, 0.1) is 11.1 Å². The second-order valence-electron chi connectivity index (χ2n) is 18.9. The lowest BCUT2D eigenvalue weighted by Crippen LogP contribution is -2.61. The van der Waals surface area contributed by atoms with Gasteiger partial charge in [0.2, 0.25) is 0 Å². The van der Waals surface area contributed by atoms with Gasteiger partial charge in [-0.05, 0) is 105 Å². The molecular weight excluding hydrogens is 743 g/mol. The van der Waals surface area contributed by atoms with Gasteiger partial charge in [0, 0.05) is 50.2 Å². The maximum absolute atomic E-state index is 6.50. The fraction of sp³-hybridized carbons (Fsp3) is 0.143. The van der Waals surface area contributed by atoms with Gasteiger partial charge in [-0.1, -0.05) is 145 Å². The zero-order chi connectivity index (χ0) is 41.4. The minimum absolute atomic E-state index is 0.0188. The Hall–Kier alpha value is -6.98. The van der Waals surface area contributed by atoms with E-state index in [0.29, 0.717) is 0 Å². The highest BCUT2D eigenvalue weighted by Crippen LogP contribution is 2.48. The summed E-state index contributed by atoms with van der Waals surface area (Å²) in [5.74, 6) is 0. The van der Waals surface area contributed by atoms with E-state index in [4.69, 9.17) is 8.83 Å². The predicted molar refractivity (Wildman–Crippen MR) is 258 cm³/mol. The molecule has 8 aromatic carbocycles. The number of fused-ring (bicyclic) bond motifs is 10. The second-order valence-corrected chi connectivity index (χ2v) is 18.9. The second kappa shape index (κ2) is 12.8. The summed E-state index contributed by atoms with van der Waals surface area (Å²) in [4.78, 5) is 5.02. The molecule has 0 radical (unpaired) electrons. The Balaban J connectivity index is 1.11. The Morgan fingerprint density at radius 2 is 1.03 bits per heavy atom. The van der Waals surface area contributed by atoms with Crippen LogP contribution < -0.4 is 26.2 Å². The molecule has 0 amide bonds. The highest BCUT2D eigenvalue weighted by Gasteiger charge is 2.44. The number of hydrogen-bond acceptors (Lipinski definition) is 4. The summed E-state index contributed by atoms with van der Waals surface area (Å²) >= 11 is 0. The third-order valence-corrected chi connectivity index (χ3v) is 13.2. The molecule has 10 aromatic rings. The fourth-order valence-corrected chi connectivity index (χ4v) is 10.1. The average molecular weight is 789 g/mol. The van der Waals surface area contributed by atoms with Crippen LogP contribution in [0.25, 0.3) is 55.0 Å². The van der Waals surface area contributed by atoms with Crippen molar-refractivity contribution in [1.29, 1.82) is 0 Å². The minimum atomic E-state index is -0.0370. The molecule has 0 saturated carbocycles.